The molecular formula is C19H21BrN2O2. The predicted octanol–water partition coefficient (Wildman–Crippen LogP) is 4.28. The van der Waals surface area contributed by atoms with Crippen LogP contribution in [-0.2, 0) is 10.2 Å². The highest BCUT2D eigenvalue weighted by Crippen LogP contribution is 2.21. The van der Waals surface area contributed by atoms with Crippen LogP contribution in [0.15, 0.2) is 58.1 Å². The van der Waals surface area contributed by atoms with E-state index in [1.807, 2.05) is 24.3 Å². The molecule has 1 N–H and O–H groups in total. The third-order valence-corrected chi connectivity index (χ3v) is 3.89. The van der Waals surface area contributed by atoms with Crippen molar-refractivity contribution in [3.05, 3.63) is 64.1 Å². The number of carbonyl (C=O) groups excluding carboxylic acids is 1. The van der Waals surface area contributed by atoms with Gasteiger partial charge in [-0.3, -0.25) is 4.79 Å². The molecule has 126 valence electrons. The van der Waals surface area contributed by atoms with Gasteiger partial charge in [-0.25, -0.2) is 5.43 Å². The van der Waals surface area contributed by atoms with E-state index in [9.17, 15) is 4.79 Å². The van der Waals surface area contributed by atoms with Crippen molar-refractivity contribution in [3.63, 3.8) is 0 Å². The van der Waals surface area contributed by atoms with Crippen molar-refractivity contribution in [3.8, 4) is 5.75 Å². The van der Waals surface area contributed by atoms with Gasteiger partial charge in [0, 0.05) is 4.47 Å². The highest BCUT2D eigenvalue weighted by atomic mass is 79.9. The topological polar surface area (TPSA) is 50.7 Å². The summed E-state index contributed by atoms with van der Waals surface area (Å²) in [6.45, 7) is 6.42. The van der Waals surface area contributed by atoms with Crippen LogP contribution in [0, 0.1) is 0 Å². The van der Waals surface area contributed by atoms with Gasteiger partial charge in [0.25, 0.3) is 5.91 Å². The summed E-state index contributed by atoms with van der Waals surface area (Å²) in [5, 5.41) is 3.95. The van der Waals surface area contributed by atoms with Crippen LogP contribution in [0.1, 0.15) is 31.9 Å². The Morgan fingerprint density at radius 1 is 1.12 bits per heavy atom. The molecule has 0 saturated carbocycles. The van der Waals surface area contributed by atoms with Crippen molar-refractivity contribution in [2.45, 2.75) is 26.2 Å². The number of hydrogen-bond donors (Lipinski definition) is 1. The number of hydrazone groups is 1. The van der Waals surface area contributed by atoms with Gasteiger partial charge < -0.3 is 4.74 Å². The molecular weight excluding hydrogens is 368 g/mol. The molecule has 0 aliphatic heterocycles. The van der Waals surface area contributed by atoms with Crippen LogP contribution < -0.4 is 10.2 Å². The first kappa shape index (κ1) is 18.2. The van der Waals surface area contributed by atoms with E-state index in [1.54, 1.807) is 18.3 Å². The zero-order valence-electron chi connectivity index (χ0n) is 14.0. The minimum Gasteiger partial charge on any atom is -0.484 e. The van der Waals surface area contributed by atoms with E-state index < -0.39 is 0 Å². The Hall–Kier alpha value is -2.14. The molecule has 0 atom stereocenters. The van der Waals surface area contributed by atoms with Crippen LogP contribution >= 0.6 is 15.9 Å². The Morgan fingerprint density at radius 2 is 1.75 bits per heavy atom. The lowest BCUT2D eigenvalue weighted by Gasteiger charge is -2.18. The molecule has 4 nitrogen and oxygen atoms in total. The summed E-state index contributed by atoms with van der Waals surface area (Å²) in [4.78, 5) is 11.7. The van der Waals surface area contributed by atoms with E-state index in [1.165, 1.54) is 5.56 Å². The Bertz CT molecular complexity index is 702. The molecule has 0 saturated heterocycles. The number of amides is 1. The van der Waals surface area contributed by atoms with E-state index >= 15 is 0 Å². The Balaban J connectivity index is 1.80. The molecule has 0 aliphatic rings. The molecule has 0 heterocycles. The van der Waals surface area contributed by atoms with Crippen molar-refractivity contribution in [2.24, 2.45) is 5.10 Å². The average molecular weight is 389 g/mol. The number of nitrogens with zero attached hydrogens (tertiary/aromatic N) is 1. The molecule has 2 aromatic rings. The molecule has 0 radical (unpaired) electrons. The number of hydrogen-bond acceptors (Lipinski definition) is 3. The fourth-order valence-electron chi connectivity index (χ4n) is 1.96. The van der Waals surface area contributed by atoms with Crippen molar-refractivity contribution >= 4 is 28.1 Å². The van der Waals surface area contributed by atoms with Crippen molar-refractivity contribution in [2.75, 3.05) is 6.61 Å². The molecule has 0 bridgehead atoms. The predicted molar refractivity (Wildman–Crippen MR) is 101 cm³/mol. The summed E-state index contributed by atoms with van der Waals surface area (Å²) in [5.41, 5.74) is 4.76. The first-order valence-electron chi connectivity index (χ1n) is 7.65. The SMILES string of the molecule is CC(C)(C)c1ccc(/C=N/NC(=O)COc2ccc(Br)cc2)cc1. The molecule has 2 aromatic carbocycles. The Kier molecular flexibility index (Phi) is 6.15. The maximum absolute atomic E-state index is 11.7. The Morgan fingerprint density at radius 3 is 2.33 bits per heavy atom. The van der Waals surface area contributed by atoms with Crippen molar-refractivity contribution in [1.82, 2.24) is 5.43 Å². The van der Waals surface area contributed by atoms with Gasteiger partial charge in [-0.05, 0) is 40.8 Å². The molecule has 0 fully saturated rings. The monoisotopic (exact) mass is 388 g/mol. The molecule has 0 aliphatic carbocycles. The number of nitrogens with one attached hydrogen (secondary N) is 1. The first-order chi connectivity index (χ1) is 11.3. The zero-order chi connectivity index (χ0) is 17.6. The second-order valence-corrected chi connectivity index (χ2v) is 7.32. The molecule has 2 rings (SSSR count). The van der Waals surface area contributed by atoms with Gasteiger partial charge in [-0.1, -0.05) is 61.0 Å². The standard InChI is InChI=1S/C19H21BrN2O2/c1-19(2,3)15-6-4-14(5-7-15)12-21-22-18(23)13-24-17-10-8-16(20)9-11-17/h4-12H,13H2,1-3H3,(H,22,23)/b21-12+. The summed E-state index contributed by atoms with van der Waals surface area (Å²) in [6.07, 6.45) is 1.62. The maximum atomic E-state index is 11.7. The summed E-state index contributed by atoms with van der Waals surface area (Å²) in [5.74, 6) is 0.329. The van der Waals surface area contributed by atoms with Gasteiger partial charge in [0.1, 0.15) is 5.75 Å². The third-order valence-electron chi connectivity index (χ3n) is 3.36. The Labute approximate surface area is 151 Å². The zero-order valence-corrected chi connectivity index (χ0v) is 15.6. The van der Waals surface area contributed by atoms with E-state index in [-0.39, 0.29) is 17.9 Å². The normalized spacial score (nSPS) is 11.5. The van der Waals surface area contributed by atoms with E-state index in [0.717, 1.165) is 10.0 Å². The minimum atomic E-state index is -0.305. The van der Waals surface area contributed by atoms with Gasteiger partial charge >= 0.3 is 0 Å². The van der Waals surface area contributed by atoms with Gasteiger partial charge in [0.05, 0.1) is 6.21 Å². The smallest absolute Gasteiger partial charge is 0.277 e. The summed E-state index contributed by atoms with van der Waals surface area (Å²) >= 11 is 3.34. The number of ether oxygens (including phenoxy) is 1. The van der Waals surface area contributed by atoms with Crippen LogP contribution in [-0.4, -0.2) is 18.7 Å². The van der Waals surface area contributed by atoms with Crippen molar-refractivity contribution in [1.29, 1.82) is 0 Å². The minimum absolute atomic E-state index is 0.0814. The van der Waals surface area contributed by atoms with Crippen LogP contribution in [0.5, 0.6) is 5.75 Å². The lowest BCUT2D eigenvalue weighted by Crippen LogP contribution is -2.24. The van der Waals surface area contributed by atoms with Gasteiger partial charge in [0.15, 0.2) is 6.61 Å². The van der Waals surface area contributed by atoms with E-state index in [2.05, 4.69) is 59.4 Å². The molecule has 1 amide bonds. The van der Waals surface area contributed by atoms with Gasteiger partial charge in [-0.2, -0.15) is 5.10 Å². The maximum Gasteiger partial charge on any atom is 0.277 e. The second kappa shape index (κ2) is 8.11. The molecule has 0 unspecified atom stereocenters. The quantitative estimate of drug-likeness (QED) is 0.613. The highest BCUT2D eigenvalue weighted by molar-refractivity contribution is 9.10. The van der Waals surface area contributed by atoms with E-state index in [4.69, 9.17) is 4.74 Å². The largest absolute Gasteiger partial charge is 0.484 e. The number of benzene rings is 2. The fourth-order valence-corrected chi connectivity index (χ4v) is 2.22. The molecule has 0 aromatic heterocycles. The fraction of sp³-hybridized carbons (Fsp3) is 0.263. The third kappa shape index (κ3) is 5.81. The lowest BCUT2D eigenvalue weighted by atomic mass is 9.87. The lowest BCUT2D eigenvalue weighted by molar-refractivity contribution is -0.123. The molecule has 0 spiro atoms. The van der Waals surface area contributed by atoms with Crippen LogP contribution in [0.2, 0.25) is 0 Å². The van der Waals surface area contributed by atoms with Crippen molar-refractivity contribution < 1.29 is 9.53 Å². The number of carbonyl (C=O) groups is 1. The summed E-state index contributed by atoms with van der Waals surface area (Å²) in [6, 6.07) is 15.4. The molecule has 5 heteroatoms. The van der Waals surface area contributed by atoms with Crippen LogP contribution in [0.4, 0.5) is 0 Å². The van der Waals surface area contributed by atoms with Gasteiger partial charge in [-0.15, -0.1) is 0 Å². The van der Waals surface area contributed by atoms with Crippen LogP contribution in [0.25, 0.3) is 0 Å². The molecule has 24 heavy (non-hydrogen) atoms. The number of halogens is 1. The van der Waals surface area contributed by atoms with E-state index in [0.29, 0.717) is 5.75 Å². The number of rotatable bonds is 5. The first-order valence-corrected chi connectivity index (χ1v) is 8.45. The van der Waals surface area contributed by atoms with Crippen LogP contribution in [0.3, 0.4) is 0 Å². The second-order valence-electron chi connectivity index (χ2n) is 6.41. The van der Waals surface area contributed by atoms with Gasteiger partial charge in [0.2, 0.25) is 0 Å². The average Bonchev–Trinajstić information content (AvgIpc) is 2.54. The summed E-state index contributed by atoms with van der Waals surface area (Å²) < 4.78 is 6.33. The summed E-state index contributed by atoms with van der Waals surface area (Å²) in [7, 11) is 0. The highest BCUT2D eigenvalue weighted by Gasteiger charge is 2.12.